The third-order valence-corrected chi connectivity index (χ3v) is 7.42. The van der Waals surface area contributed by atoms with Gasteiger partial charge in [-0.1, -0.05) is 22.9 Å². The lowest BCUT2D eigenvalue weighted by Gasteiger charge is -2.12. The minimum atomic E-state index is -0.922. The van der Waals surface area contributed by atoms with Crippen LogP contribution in [0.1, 0.15) is 28.0 Å². The first-order valence-corrected chi connectivity index (χ1v) is 12.3. The third-order valence-electron chi connectivity index (χ3n) is 5.30. The molecule has 3 aromatic heterocycles. The molecule has 34 heavy (non-hydrogen) atoms. The Balaban J connectivity index is 1.38. The van der Waals surface area contributed by atoms with Crippen LogP contribution < -0.4 is 14.8 Å². The van der Waals surface area contributed by atoms with Crippen LogP contribution in [-0.2, 0) is 6.42 Å². The SMILES string of the molecule is COc1c(C(=O)Nc2nc3ccc(Oc4ccnc5c4CCC(O)C(O)=C5)cc3s2)csc1Cl. The number of ether oxygens (including phenoxy) is 2. The van der Waals surface area contributed by atoms with Crippen LogP contribution in [0.15, 0.2) is 41.6 Å². The average Bonchev–Trinajstić information content (AvgIpc) is 3.35. The van der Waals surface area contributed by atoms with Gasteiger partial charge in [0.05, 0.1) is 28.6 Å². The number of hydrogen-bond donors (Lipinski definition) is 3. The average molecular weight is 516 g/mol. The molecule has 11 heteroatoms. The highest BCUT2D eigenvalue weighted by molar-refractivity contribution is 7.22. The number of thiophene rings is 1. The quantitative estimate of drug-likeness (QED) is 0.314. The van der Waals surface area contributed by atoms with Gasteiger partial charge in [0.2, 0.25) is 0 Å². The molecule has 5 rings (SSSR count). The Morgan fingerprint density at radius 3 is 3.00 bits per heavy atom. The number of carbonyl (C=O) groups is 1. The summed E-state index contributed by atoms with van der Waals surface area (Å²) >= 11 is 8.60. The standard InChI is InChI=1S/C23H18ClN3O5S2/c1-31-20-13(10-33-21(20)24)22(30)27-23-26-14-4-2-11(8-19(14)34-23)32-18-6-7-25-15-9-17(29)16(28)5-3-12(15)18/h2,4,6-10,16,28-29H,3,5H2,1H3,(H,26,27,30). The van der Waals surface area contributed by atoms with Gasteiger partial charge < -0.3 is 19.7 Å². The first-order chi connectivity index (χ1) is 16.4. The van der Waals surface area contributed by atoms with Crippen LogP contribution in [0.4, 0.5) is 5.13 Å². The Kier molecular flexibility index (Phi) is 6.13. The van der Waals surface area contributed by atoms with E-state index in [1.54, 1.807) is 23.7 Å². The van der Waals surface area contributed by atoms with Gasteiger partial charge in [-0.05, 0) is 31.0 Å². The van der Waals surface area contributed by atoms with Gasteiger partial charge >= 0.3 is 0 Å². The van der Waals surface area contributed by atoms with Crippen molar-refractivity contribution in [1.82, 2.24) is 9.97 Å². The second kappa shape index (κ2) is 9.22. The van der Waals surface area contributed by atoms with E-state index >= 15 is 0 Å². The lowest BCUT2D eigenvalue weighted by molar-refractivity contribution is 0.102. The molecule has 1 amide bonds. The summed E-state index contributed by atoms with van der Waals surface area (Å²) in [5.41, 5.74) is 2.45. The number of aliphatic hydroxyl groups excluding tert-OH is 2. The summed E-state index contributed by atoms with van der Waals surface area (Å²) in [6, 6.07) is 7.20. The van der Waals surface area contributed by atoms with Crippen LogP contribution in [0.5, 0.6) is 17.2 Å². The second-order valence-corrected chi connectivity index (χ2v) is 9.97. The Hall–Kier alpha value is -3.18. The van der Waals surface area contributed by atoms with E-state index in [4.69, 9.17) is 21.1 Å². The molecule has 4 aromatic rings. The lowest BCUT2D eigenvalue weighted by atomic mass is 10.1. The van der Waals surface area contributed by atoms with Crippen LogP contribution in [0.25, 0.3) is 16.3 Å². The van der Waals surface area contributed by atoms with Crippen molar-refractivity contribution in [2.75, 3.05) is 12.4 Å². The summed E-state index contributed by atoms with van der Waals surface area (Å²) in [6.45, 7) is 0. The van der Waals surface area contributed by atoms with E-state index < -0.39 is 6.10 Å². The van der Waals surface area contributed by atoms with Crippen LogP contribution in [-0.4, -0.2) is 39.3 Å². The van der Waals surface area contributed by atoms with Crippen molar-refractivity contribution < 1.29 is 24.5 Å². The third kappa shape index (κ3) is 4.32. The normalized spacial score (nSPS) is 15.4. The van der Waals surface area contributed by atoms with E-state index in [2.05, 4.69) is 15.3 Å². The van der Waals surface area contributed by atoms with Gasteiger partial charge in [0.1, 0.15) is 27.7 Å². The molecule has 3 N–H and O–H groups in total. The lowest BCUT2D eigenvalue weighted by Crippen LogP contribution is -2.11. The fourth-order valence-corrected chi connectivity index (χ4v) is 5.55. The molecule has 174 valence electrons. The highest BCUT2D eigenvalue weighted by Gasteiger charge is 2.21. The molecular formula is C23H18ClN3O5S2. The summed E-state index contributed by atoms with van der Waals surface area (Å²) in [5.74, 6) is 1.07. The van der Waals surface area contributed by atoms with E-state index in [9.17, 15) is 15.0 Å². The van der Waals surface area contributed by atoms with Gasteiger partial charge in [-0.2, -0.15) is 0 Å². The number of anilines is 1. The molecule has 0 saturated heterocycles. The molecule has 1 aliphatic carbocycles. The molecule has 0 bridgehead atoms. The number of hydrogen-bond acceptors (Lipinski definition) is 9. The number of nitrogens with zero attached hydrogens (tertiary/aromatic N) is 2. The van der Waals surface area contributed by atoms with E-state index in [-0.39, 0.29) is 11.7 Å². The summed E-state index contributed by atoms with van der Waals surface area (Å²) in [5, 5.41) is 24.8. The van der Waals surface area contributed by atoms with Crippen LogP contribution in [0, 0.1) is 0 Å². The number of nitrogens with one attached hydrogen (secondary N) is 1. The molecular weight excluding hydrogens is 498 g/mol. The highest BCUT2D eigenvalue weighted by atomic mass is 35.5. The van der Waals surface area contributed by atoms with Gasteiger partial charge in [0, 0.05) is 29.3 Å². The highest BCUT2D eigenvalue weighted by Crippen LogP contribution is 2.37. The first kappa shape index (κ1) is 22.6. The number of thiazole rings is 1. The van der Waals surface area contributed by atoms with Gasteiger partial charge in [-0.15, -0.1) is 11.3 Å². The number of halogens is 1. The fourth-order valence-electron chi connectivity index (χ4n) is 3.61. The van der Waals surface area contributed by atoms with Gasteiger partial charge in [-0.3, -0.25) is 15.1 Å². The van der Waals surface area contributed by atoms with Crippen molar-refractivity contribution in [1.29, 1.82) is 0 Å². The molecule has 1 aromatic carbocycles. The summed E-state index contributed by atoms with van der Waals surface area (Å²) in [6.07, 6.45) is 3.02. The monoisotopic (exact) mass is 515 g/mol. The zero-order valence-corrected chi connectivity index (χ0v) is 20.1. The zero-order chi connectivity index (χ0) is 23.8. The predicted molar refractivity (Wildman–Crippen MR) is 133 cm³/mol. The van der Waals surface area contributed by atoms with Crippen molar-refractivity contribution in [3.8, 4) is 17.2 Å². The summed E-state index contributed by atoms with van der Waals surface area (Å²) in [4.78, 5) is 21.4. The predicted octanol–water partition coefficient (Wildman–Crippen LogP) is 5.67. The van der Waals surface area contributed by atoms with E-state index in [0.29, 0.717) is 56.3 Å². The molecule has 0 spiro atoms. The maximum absolute atomic E-state index is 12.7. The Labute approximate surface area is 207 Å². The minimum Gasteiger partial charge on any atom is -0.509 e. The Morgan fingerprint density at radius 1 is 1.32 bits per heavy atom. The van der Waals surface area contributed by atoms with Gasteiger partial charge in [0.25, 0.3) is 5.91 Å². The summed E-state index contributed by atoms with van der Waals surface area (Å²) < 4.78 is 12.6. The van der Waals surface area contributed by atoms with Crippen molar-refractivity contribution >= 4 is 61.6 Å². The number of aromatic nitrogens is 2. The Morgan fingerprint density at radius 2 is 2.18 bits per heavy atom. The smallest absolute Gasteiger partial charge is 0.262 e. The van der Waals surface area contributed by atoms with Gasteiger partial charge in [0.15, 0.2) is 10.9 Å². The molecule has 0 fully saturated rings. The summed E-state index contributed by atoms with van der Waals surface area (Å²) in [7, 11) is 1.47. The molecule has 1 atom stereocenters. The maximum Gasteiger partial charge on any atom is 0.262 e. The number of carbonyl (C=O) groups excluding carboxylic acids is 1. The molecule has 0 saturated carbocycles. The zero-order valence-electron chi connectivity index (χ0n) is 17.7. The molecule has 3 heterocycles. The van der Waals surface area contributed by atoms with Crippen molar-refractivity contribution in [2.45, 2.75) is 18.9 Å². The van der Waals surface area contributed by atoms with Crippen LogP contribution in [0.3, 0.4) is 0 Å². The first-order valence-electron chi connectivity index (χ1n) is 10.2. The van der Waals surface area contributed by atoms with E-state index in [1.165, 1.54) is 35.9 Å². The molecule has 8 nitrogen and oxygen atoms in total. The molecule has 0 aliphatic heterocycles. The van der Waals surface area contributed by atoms with Crippen molar-refractivity contribution in [3.63, 3.8) is 0 Å². The number of rotatable bonds is 5. The molecule has 1 aliphatic rings. The topological polar surface area (TPSA) is 114 Å². The number of amides is 1. The van der Waals surface area contributed by atoms with Gasteiger partial charge in [-0.25, -0.2) is 4.98 Å². The number of methoxy groups -OCH3 is 1. The number of pyridine rings is 1. The van der Waals surface area contributed by atoms with Crippen molar-refractivity contribution in [2.24, 2.45) is 0 Å². The number of benzene rings is 1. The maximum atomic E-state index is 12.7. The van der Waals surface area contributed by atoms with E-state index in [1.807, 2.05) is 12.1 Å². The van der Waals surface area contributed by atoms with Crippen molar-refractivity contribution in [3.05, 3.63) is 62.8 Å². The Bertz CT molecular complexity index is 1430. The fraction of sp³-hybridized carbons (Fsp3) is 0.174. The molecule has 1 unspecified atom stereocenters. The minimum absolute atomic E-state index is 0.105. The number of fused-ring (bicyclic) bond motifs is 2. The second-order valence-electron chi connectivity index (χ2n) is 7.46. The molecule has 0 radical (unpaired) electrons. The van der Waals surface area contributed by atoms with Crippen LogP contribution >= 0.6 is 34.3 Å². The van der Waals surface area contributed by atoms with Crippen LogP contribution in [0.2, 0.25) is 4.34 Å². The van der Waals surface area contributed by atoms with E-state index in [0.717, 1.165) is 10.3 Å². The largest absolute Gasteiger partial charge is 0.509 e. The number of aliphatic hydroxyl groups is 2.